The normalized spacial score (nSPS) is 26.9. The molecule has 0 amide bonds. The van der Waals surface area contributed by atoms with E-state index >= 15 is 0 Å². The lowest BCUT2D eigenvalue weighted by atomic mass is 9.80. The minimum Gasteiger partial charge on any atom is -1.00 e. The second-order valence-electron chi connectivity index (χ2n) is 8.19. The first-order chi connectivity index (χ1) is 12.9. The Labute approximate surface area is 177 Å². The van der Waals surface area contributed by atoms with Gasteiger partial charge in [-0.3, -0.25) is 0 Å². The monoisotopic (exact) mass is 455 g/mol. The Kier molecular flexibility index (Phi) is 7.65. The number of nitrogens with zero attached hydrogens (tertiary/aromatic N) is 1. The number of carbonyl (C=O) groups excluding carboxylic acids is 2. The summed E-state index contributed by atoms with van der Waals surface area (Å²) in [5, 5.41) is 11.5. The van der Waals surface area contributed by atoms with Crippen LogP contribution in [0.3, 0.4) is 0 Å². The molecule has 28 heavy (non-hydrogen) atoms. The third kappa shape index (κ3) is 4.75. The number of likely N-dealkylation sites (tertiary alicyclic amines) is 1. The zero-order chi connectivity index (χ0) is 19.5. The van der Waals surface area contributed by atoms with E-state index in [1.54, 1.807) is 12.1 Å². The molecule has 0 radical (unpaired) electrons. The summed E-state index contributed by atoms with van der Waals surface area (Å²) in [7, 11) is 3.34. The number of halogens is 1. The molecule has 1 N–H and O–H groups in total. The molecule has 2 aliphatic rings. The summed E-state index contributed by atoms with van der Waals surface area (Å²) in [5.74, 6) is -0.946. The Morgan fingerprint density at radius 2 is 1.82 bits per heavy atom. The Balaban J connectivity index is 0.00000280. The topological polar surface area (TPSA) is 72.8 Å². The highest BCUT2D eigenvalue weighted by Crippen LogP contribution is 2.42. The highest BCUT2D eigenvalue weighted by atomic mass is 79.9. The second kappa shape index (κ2) is 9.37. The first kappa shape index (κ1) is 22.8. The van der Waals surface area contributed by atoms with Gasteiger partial charge in [-0.15, -0.1) is 0 Å². The number of quaternary nitrogens is 1. The summed E-state index contributed by atoms with van der Waals surface area (Å²) in [4.78, 5) is 24.8. The third-order valence-electron chi connectivity index (χ3n) is 6.12. The molecule has 1 aromatic rings. The minimum absolute atomic E-state index is 0. The average molecular weight is 456 g/mol. The standard InChI is InChI=1S/C21H30NO5.BrH/c1-22(15-19(23)26-2)13-12-18(14-22)27-20(24)21(25,17-10-6-7-11-17)16-8-4-3-5-9-16;/h3-5,8-9,17-18,25H,6-7,10-15H2,1-2H3;1H/q+1;/p-1/t18-,21?,22-;/m0./s1. The van der Waals surface area contributed by atoms with Crippen LogP contribution >= 0.6 is 0 Å². The van der Waals surface area contributed by atoms with E-state index in [2.05, 4.69) is 0 Å². The van der Waals surface area contributed by atoms with Crippen molar-refractivity contribution < 1.29 is 45.6 Å². The van der Waals surface area contributed by atoms with Crippen molar-refractivity contribution in [2.24, 2.45) is 5.92 Å². The Bertz CT molecular complexity index is 679. The minimum atomic E-state index is -1.61. The summed E-state index contributed by atoms with van der Waals surface area (Å²) >= 11 is 0. The number of esters is 2. The van der Waals surface area contributed by atoms with Gasteiger partial charge in [0.2, 0.25) is 0 Å². The summed E-state index contributed by atoms with van der Waals surface area (Å²) in [6.45, 7) is 1.55. The maximum atomic E-state index is 13.1. The molecule has 6 nitrogen and oxygen atoms in total. The van der Waals surface area contributed by atoms with E-state index in [9.17, 15) is 14.7 Å². The molecule has 1 aromatic carbocycles. The van der Waals surface area contributed by atoms with Crippen LogP contribution in [-0.4, -0.2) is 61.4 Å². The summed E-state index contributed by atoms with van der Waals surface area (Å²) in [5.41, 5.74) is -1.00. The molecule has 0 aromatic heterocycles. The molecule has 1 heterocycles. The van der Waals surface area contributed by atoms with Crippen molar-refractivity contribution in [1.82, 2.24) is 0 Å². The molecule has 1 aliphatic carbocycles. The van der Waals surface area contributed by atoms with Gasteiger partial charge in [-0.1, -0.05) is 43.2 Å². The quantitative estimate of drug-likeness (QED) is 0.440. The van der Waals surface area contributed by atoms with Crippen LogP contribution < -0.4 is 17.0 Å². The van der Waals surface area contributed by atoms with Crippen molar-refractivity contribution in [2.75, 3.05) is 33.8 Å². The van der Waals surface area contributed by atoms with Gasteiger partial charge in [-0.05, 0) is 18.4 Å². The van der Waals surface area contributed by atoms with Crippen LogP contribution in [0.1, 0.15) is 37.7 Å². The van der Waals surface area contributed by atoms with Gasteiger partial charge in [0.15, 0.2) is 18.2 Å². The zero-order valence-electron chi connectivity index (χ0n) is 16.6. The van der Waals surface area contributed by atoms with E-state index in [0.717, 1.165) is 32.2 Å². The molecule has 1 aliphatic heterocycles. The number of benzene rings is 1. The van der Waals surface area contributed by atoms with Gasteiger partial charge in [-0.25, -0.2) is 9.59 Å². The number of hydrogen-bond acceptors (Lipinski definition) is 5. The molecular weight excluding hydrogens is 426 g/mol. The van der Waals surface area contributed by atoms with E-state index in [1.807, 2.05) is 25.2 Å². The highest BCUT2D eigenvalue weighted by molar-refractivity contribution is 5.81. The maximum Gasteiger partial charge on any atom is 0.361 e. The average Bonchev–Trinajstić information content (AvgIpc) is 3.32. The van der Waals surface area contributed by atoms with Crippen LogP contribution in [-0.2, 0) is 24.7 Å². The molecule has 1 saturated carbocycles. The number of aliphatic hydroxyl groups is 1. The molecule has 0 bridgehead atoms. The lowest BCUT2D eigenvalue weighted by Gasteiger charge is -2.33. The largest absolute Gasteiger partial charge is 1.00 e. The number of likely N-dealkylation sites (N-methyl/N-ethyl adjacent to an activating group) is 1. The van der Waals surface area contributed by atoms with Gasteiger partial charge in [0.1, 0.15) is 6.54 Å². The van der Waals surface area contributed by atoms with Crippen molar-refractivity contribution in [1.29, 1.82) is 0 Å². The fourth-order valence-corrected chi connectivity index (χ4v) is 4.54. The van der Waals surface area contributed by atoms with E-state index in [0.29, 0.717) is 23.0 Å². The van der Waals surface area contributed by atoms with Crippen LogP contribution in [0, 0.1) is 5.92 Å². The fourth-order valence-electron chi connectivity index (χ4n) is 4.54. The van der Waals surface area contributed by atoms with Gasteiger partial charge in [-0.2, -0.15) is 0 Å². The van der Waals surface area contributed by atoms with Crippen LogP contribution in [0.2, 0.25) is 0 Å². The molecule has 156 valence electrons. The first-order valence-corrected chi connectivity index (χ1v) is 9.77. The van der Waals surface area contributed by atoms with E-state index in [1.165, 1.54) is 7.11 Å². The number of ether oxygens (including phenoxy) is 2. The second-order valence-corrected chi connectivity index (χ2v) is 8.19. The summed E-state index contributed by atoms with van der Waals surface area (Å²) in [6.07, 6.45) is 4.05. The van der Waals surface area contributed by atoms with E-state index < -0.39 is 11.6 Å². The molecule has 1 saturated heterocycles. The molecule has 2 fully saturated rings. The van der Waals surface area contributed by atoms with Gasteiger partial charge < -0.3 is 36.0 Å². The number of carbonyl (C=O) groups is 2. The van der Waals surface area contributed by atoms with Gasteiger partial charge in [0.05, 0.1) is 20.7 Å². The predicted octanol–water partition coefficient (Wildman–Crippen LogP) is -0.996. The molecule has 3 atom stereocenters. The van der Waals surface area contributed by atoms with Gasteiger partial charge >= 0.3 is 11.9 Å². The summed E-state index contributed by atoms with van der Waals surface area (Å²) in [6, 6.07) is 9.14. The van der Waals surface area contributed by atoms with Crippen molar-refractivity contribution in [3.05, 3.63) is 35.9 Å². The number of methoxy groups -OCH3 is 1. The van der Waals surface area contributed by atoms with Gasteiger partial charge in [0, 0.05) is 12.3 Å². The Morgan fingerprint density at radius 1 is 1.18 bits per heavy atom. The SMILES string of the molecule is COC(=O)C[N@@+]1(C)CC[C@H](OC(=O)C(O)(c2ccccc2)C2CCCC2)C1.[Br-]. The maximum absolute atomic E-state index is 13.1. The zero-order valence-corrected chi connectivity index (χ0v) is 18.2. The molecule has 3 rings (SSSR count). The van der Waals surface area contributed by atoms with Crippen LogP contribution in [0.5, 0.6) is 0 Å². The smallest absolute Gasteiger partial charge is 0.361 e. The van der Waals surface area contributed by atoms with Crippen molar-refractivity contribution in [2.45, 2.75) is 43.8 Å². The first-order valence-electron chi connectivity index (χ1n) is 9.77. The molecule has 7 heteroatoms. The van der Waals surface area contributed by atoms with Crippen LogP contribution in [0.15, 0.2) is 30.3 Å². The van der Waals surface area contributed by atoms with Crippen LogP contribution in [0.25, 0.3) is 0 Å². The highest BCUT2D eigenvalue weighted by Gasteiger charge is 2.49. The lowest BCUT2D eigenvalue weighted by Crippen LogP contribution is -3.00. The van der Waals surface area contributed by atoms with Crippen molar-refractivity contribution in [3.8, 4) is 0 Å². The van der Waals surface area contributed by atoms with Crippen LogP contribution in [0.4, 0.5) is 0 Å². The number of hydrogen-bond donors (Lipinski definition) is 1. The lowest BCUT2D eigenvalue weighted by molar-refractivity contribution is -0.891. The summed E-state index contributed by atoms with van der Waals surface area (Å²) < 4.78 is 11.1. The van der Waals surface area contributed by atoms with E-state index in [-0.39, 0.29) is 41.5 Å². The van der Waals surface area contributed by atoms with Gasteiger partial charge in [0.25, 0.3) is 0 Å². The van der Waals surface area contributed by atoms with E-state index in [4.69, 9.17) is 9.47 Å². The molecular formula is C21H30BrNO5. The third-order valence-corrected chi connectivity index (χ3v) is 6.12. The Morgan fingerprint density at radius 3 is 2.43 bits per heavy atom. The fraction of sp³-hybridized carbons (Fsp3) is 0.619. The molecule has 0 spiro atoms. The van der Waals surface area contributed by atoms with Crippen molar-refractivity contribution in [3.63, 3.8) is 0 Å². The predicted molar refractivity (Wildman–Crippen MR) is 99.6 cm³/mol. The van der Waals surface area contributed by atoms with Crippen molar-refractivity contribution >= 4 is 11.9 Å². The number of rotatable bonds is 6. The molecule has 1 unspecified atom stereocenters. The Hall–Kier alpha value is -1.44.